The van der Waals surface area contributed by atoms with Crippen LogP contribution in [0.5, 0.6) is 0 Å². The van der Waals surface area contributed by atoms with Gasteiger partial charge in [0.1, 0.15) is 5.54 Å². The topological polar surface area (TPSA) is 59.0 Å². The van der Waals surface area contributed by atoms with Crippen LogP contribution in [0.15, 0.2) is 0 Å². The Morgan fingerprint density at radius 2 is 2.00 bits per heavy atom. The van der Waals surface area contributed by atoms with E-state index in [1.165, 1.54) is 25.7 Å². The van der Waals surface area contributed by atoms with Gasteiger partial charge in [-0.25, -0.2) is 0 Å². The van der Waals surface area contributed by atoms with Gasteiger partial charge >= 0.3 is 0 Å². The zero-order chi connectivity index (χ0) is 13.9. The van der Waals surface area contributed by atoms with E-state index < -0.39 is 5.54 Å². The molecule has 0 fully saturated rings. The normalized spacial score (nSPS) is 15.9. The van der Waals surface area contributed by atoms with E-state index in [9.17, 15) is 0 Å². The van der Waals surface area contributed by atoms with Crippen molar-refractivity contribution < 1.29 is 4.74 Å². The fourth-order valence-electron chi connectivity index (χ4n) is 1.90. The molecule has 0 aliphatic carbocycles. The van der Waals surface area contributed by atoms with E-state index in [0.717, 1.165) is 32.5 Å². The van der Waals surface area contributed by atoms with Gasteiger partial charge in [-0.2, -0.15) is 5.26 Å². The molecule has 3 heteroatoms. The first-order valence-corrected chi connectivity index (χ1v) is 7.33. The molecule has 0 aliphatic rings. The van der Waals surface area contributed by atoms with Gasteiger partial charge in [0.25, 0.3) is 0 Å². The third kappa shape index (κ3) is 9.44. The second-order valence-corrected chi connectivity index (χ2v) is 5.48. The smallest absolute Gasteiger partial charge is 0.101 e. The van der Waals surface area contributed by atoms with Crippen LogP contribution in [0.1, 0.15) is 65.7 Å². The zero-order valence-corrected chi connectivity index (χ0v) is 12.4. The van der Waals surface area contributed by atoms with Crippen LogP contribution in [-0.4, -0.2) is 18.8 Å². The van der Waals surface area contributed by atoms with Crippen molar-refractivity contribution in [3.63, 3.8) is 0 Å². The summed E-state index contributed by atoms with van der Waals surface area (Å²) in [6, 6.07) is 2.12. The molecule has 0 saturated heterocycles. The van der Waals surface area contributed by atoms with Gasteiger partial charge in [0.05, 0.1) is 6.07 Å². The van der Waals surface area contributed by atoms with Gasteiger partial charge in [0.2, 0.25) is 0 Å². The van der Waals surface area contributed by atoms with Crippen molar-refractivity contribution in [3.8, 4) is 6.07 Å². The first-order chi connectivity index (χ1) is 8.55. The third-order valence-corrected chi connectivity index (χ3v) is 3.39. The van der Waals surface area contributed by atoms with E-state index in [0.29, 0.717) is 5.92 Å². The molecule has 3 nitrogen and oxygen atoms in total. The summed E-state index contributed by atoms with van der Waals surface area (Å²) in [7, 11) is 0. The van der Waals surface area contributed by atoms with Crippen LogP contribution in [0.4, 0.5) is 0 Å². The lowest BCUT2D eigenvalue weighted by atomic mass is 9.98. The van der Waals surface area contributed by atoms with Crippen molar-refractivity contribution in [2.45, 2.75) is 71.3 Å². The van der Waals surface area contributed by atoms with Crippen LogP contribution in [0.3, 0.4) is 0 Å². The molecule has 0 aromatic rings. The highest BCUT2D eigenvalue weighted by Gasteiger charge is 2.15. The molecule has 106 valence electrons. The maximum Gasteiger partial charge on any atom is 0.101 e. The van der Waals surface area contributed by atoms with Crippen LogP contribution in [0.25, 0.3) is 0 Å². The Kier molecular flexibility index (Phi) is 10.0. The molecule has 0 amide bonds. The second-order valence-electron chi connectivity index (χ2n) is 5.48. The number of hydrogen-bond acceptors (Lipinski definition) is 3. The lowest BCUT2D eigenvalue weighted by Crippen LogP contribution is -2.33. The molecule has 0 rings (SSSR count). The van der Waals surface area contributed by atoms with Crippen molar-refractivity contribution in [3.05, 3.63) is 0 Å². The van der Waals surface area contributed by atoms with E-state index in [4.69, 9.17) is 15.7 Å². The van der Waals surface area contributed by atoms with Gasteiger partial charge in [-0.05, 0) is 38.5 Å². The molecule has 2 unspecified atom stereocenters. The van der Waals surface area contributed by atoms with Crippen LogP contribution in [0.2, 0.25) is 0 Å². The molecule has 2 atom stereocenters. The zero-order valence-electron chi connectivity index (χ0n) is 12.4. The molecule has 2 N–H and O–H groups in total. The minimum absolute atomic E-state index is 0.674. The Hall–Kier alpha value is -0.590. The van der Waals surface area contributed by atoms with E-state index >= 15 is 0 Å². The van der Waals surface area contributed by atoms with Crippen LogP contribution < -0.4 is 5.73 Å². The summed E-state index contributed by atoms with van der Waals surface area (Å²) >= 11 is 0. The molecule has 0 bridgehead atoms. The van der Waals surface area contributed by atoms with E-state index in [-0.39, 0.29) is 0 Å². The monoisotopic (exact) mass is 254 g/mol. The molecule has 0 heterocycles. The summed E-state index contributed by atoms with van der Waals surface area (Å²) in [4.78, 5) is 0. The molecular formula is C15H30N2O. The van der Waals surface area contributed by atoms with Crippen LogP contribution in [0, 0.1) is 17.2 Å². The molecule has 18 heavy (non-hydrogen) atoms. The van der Waals surface area contributed by atoms with Gasteiger partial charge in [0, 0.05) is 13.2 Å². The Labute approximate surface area is 113 Å². The molecule has 0 aromatic carbocycles. The highest BCUT2D eigenvalue weighted by molar-refractivity contribution is 5.00. The van der Waals surface area contributed by atoms with E-state index in [2.05, 4.69) is 19.9 Å². The number of nitrogens with zero attached hydrogens (tertiary/aromatic N) is 1. The fourth-order valence-corrected chi connectivity index (χ4v) is 1.90. The Bertz CT molecular complexity index is 233. The molecule has 0 aromatic heterocycles. The average Bonchev–Trinajstić information content (AvgIpc) is 2.37. The van der Waals surface area contributed by atoms with Crippen molar-refractivity contribution in [1.82, 2.24) is 0 Å². The summed E-state index contributed by atoms with van der Waals surface area (Å²) in [5, 5.41) is 8.78. The minimum atomic E-state index is -0.674. The first kappa shape index (κ1) is 17.4. The second kappa shape index (κ2) is 10.3. The first-order valence-electron chi connectivity index (χ1n) is 7.33. The van der Waals surface area contributed by atoms with E-state index in [1.807, 2.05) is 0 Å². The molecule has 0 saturated carbocycles. The lowest BCUT2D eigenvalue weighted by Gasteiger charge is -2.16. The number of rotatable bonds is 11. The van der Waals surface area contributed by atoms with Crippen molar-refractivity contribution in [2.24, 2.45) is 11.7 Å². The molecule has 0 aliphatic heterocycles. The standard InChI is InChI=1S/C15H30N2O/c1-4-6-9-14(5-2)12-18-11-8-7-10-15(3,17)13-16/h14H,4-12,17H2,1-3H3. The summed E-state index contributed by atoms with van der Waals surface area (Å²) < 4.78 is 5.71. The number of unbranched alkanes of at least 4 members (excludes halogenated alkanes) is 2. The number of nitrogens with two attached hydrogens (primary N) is 1. The Morgan fingerprint density at radius 1 is 1.28 bits per heavy atom. The van der Waals surface area contributed by atoms with Crippen molar-refractivity contribution in [1.29, 1.82) is 5.26 Å². The molecular weight excluding hydrogens is 224 g/mol. The molecule has 0 radical (unpaired) electrons. The van der Waals surface area contributed by atoms with Gasteiger partial charge in [-0.15, -0.1) is 0 Å². The Morgan fingerprint density at radius 3 is 2.56 bits per heavy atom. The average molecular weight is 254 g/mol. The lowest BCUT2D eigenvalue weighted by molar-refractivity contribution is 0.0904. The SMILES string of the molecule is CCCCC(CC)COCCCCC(C)(N)C#N. The molecule has 0 spiro atoms. The van der Waals surface area contributed by atoms with Gasteiger partial charge in [-0.1, -0.05) is 33.1 Å². The summed E-state index contributed by atoms with van der Waals surface area (Å²) in [6.07, 6.45) is 7.76. The number of ether oxygens (including phenoxy) is 1. The third-order valence-electron chi connectivity index (χ3n) is 3.39. The summed E-state index contributed by atoms with van der Waals surface area (Å²) in [6.45, 7) is 7.92. The predicted molar refractivity (Wildman–Crippen MR) is 76.2 cm³/mol. The quantitative estimate of drug-likeness (QED) is 0.573. The maximum absolute atomic E-state index is 8.78. The van der Waals surface area contributed by atoms with E-state index in [1.54, 1.807) is 6.92 Å². The number of hydrogen-bond donors (Lipinski definition) is 1. The highest BCUT2D eigenvalue weighted by Crippen LogP contribution is 2.13. The van der Waals surface area contributed by atoms with Crippen LogP contribution in [-0.2, 0) is 4.74 Å². The minimum Gasteiger partial charge on any atom is -0.381 e. The largest absolute Gasteiger partial charge is 0.381 e. The Balaban J connectivity index is 3.47. The number of nitriles is 1. The van der Waals surface area contributed by atoms with Gasteiger partial charge < -0.3 is 10.5 Å². The predicted octanol–water partition coefficient (Wildman–Crippen LogP) is 3.63. The maximum atomic E-state index is 8.78. The summed E-state index contributed by atoms with van der Waals surface area (Å²) in [5.74, 6) is 0.712. The fraction of sp³-hybridized carbons (Fsp3) is 0.933. The van der Waals surface area contributed by atoms with Crippen molar-refractivity contribution in [2.75, 3.05) is 13.2 Å². The van der Waals surface area contributed by atoms with Gasteiger partial charge in [0.15, 0.2) is 0 Å². The van der Waals surface area contributed by atoms with Crippen molar-refractivity contribution >= 4 is 0 Å². The van der Waals surface area contributed by atoms with Crippen LogP contribution >= 0.6 is 0 Å². The highest BCUT2D eigenvalue weighted by atomic mass is 16.5. The summed E-state index contributed by atoms with van der Waals surface area (Å²) in [5.41, 5.74) is 5.08. The van der Waals surface area contributed by atoms with Gasteiger partial charge in [-0.3, -0.25) is 0 Å².